The molecule has 0 bridgehead atoms. The number of carbonyl (C=O) groups excluding carboxylic acids is 1. The van der Waals surface area contributed by atoms with Crippen LogP contribution in [-0.2, 0) is 19.7 Å². The molecule has 2 fully saturated rings. The van der Waals surface area contributed by atoms with Gasteiger partial charge in [0.15, 0.2) is 0 Å². The van der Waals surface area contributed by atoms with Crippen LogP contribution in [0.15, 0.2) is 48.8 Å². The van der Waals surface area contributed by atoms with Gasteiger partial charge in [0.25, 0.3) is 5.91 Å². The first-order valence-corrected chi connectivity index (χ1v) is 12.0. The molecule has 0 radical (unpaired) electrons. The van der Waals surface area contributed by atoms with Gasteiger partial charge in [-0.2, -0.15) is 4.98 Å². The topological polar surface area (TPSA) is 124 Å². The highest BCUT2D eigenvalue weighted by atomic mass is 35.5. The number of nitrogens with zero attached hydrogens (tertiary/aromatic N) is 4. The number of aliphatic hydroxyl groups excluding tert-OH is 2. The number of fused-ring (bicyclic) bond motifs is 1. The first-order valence-electron chi connectivity index (χ1n) is 11.6. The fourth-order valence-electron chi connectivity index (χ4n) is 4.63. The molecule has 1 aromatic carbocycles. The van der Waals surface area contributed by atoms with Crippen molar-refractivity contribution in [3.63, 3.8) is 0 Å². The number of benzene rings is 1. The Balaban J connectivity index is 1.38. The van der Waals surface area contributed by atoms with Crippen molar-refractivity contribution in [2.45, 2.75) is 32.2 Å². The SMILES string of the molecule is O=C(NCc1ccccn1)c1cnc(N2CC3CC3C2CO)nc1NCc1ccc(CO)c(Cl)c1. The third kappa shape index (κ3) is 5.07. The first-order chi connectivity index (χ1) is 17.1. The van der Waals surface area contributed by atoms with Crippen molar-refractivity contribution >= 4 is 29.3 Å². The summed E-state index contributed by atoms with van der Waals surface area (Å²) in [6, 6.07) is 10.9. The number of hydrogen-bond acceptors (Lipinski definition) is 8. The van der Waals surface area contributed by atoms with Crippen LogP contribution in [0, 0.1) is 11.8 Å². The monoisotopic (exact) mass is 494 g/mol. The van der Waals surface area contributed by atoms with Crippen molar-refractivity contribution in [3.8, 4) is 0 Å². The number of anilines is 2. The molecule has 2 aromatic heterocycles. The van der Waals surface area contributed by atoms with Crippen LogP contribution in [0.4, 0.5) is 11.8 Å². The first kappa shape index (κ1) is 23.5. The Labute approximate surface area is 208 Å². The van der Waals surface area contributed by atoms with Crippen LogP contribution in [0.3, 0.4) is 0 Å². The molecule has 1 saturated carbocycles. The lowest BCUT2D eigenvalue weighted by Gasteiger charge is -2.26. The van der Waals surface area contributed by atoms with E-state index < -0.39 is 0 Å². The summed E-state index contributed by atoms with van der Waals surface area (Å²) in [7, 11) is 0. The van der Waals surface area contributed by atoms with E-state index in [1.165, 1.54) is 6.20 Å². The van der Waals surface area contributed by atoms with E-state index >= 15 is 0 Å². The van der Waals surface area contributed by atoms with E-state index in [9.17, 15) is 15.0 Å². The van der Waals surface area contributed by atoms with E-state index in [4.69, 9.17) is 16.6 Å². The lowest BCUT2D eigenvalue weighted by atomic mass is 10.1. The van der Waals surface area contributed by atoms with Crippen molar-refractivity contribution in [3.05, 3.63) is 76.2 Å². The van der Waals surface area contributed by atoms with Crippen LogP contribution in [0.25, 0.3) is 0 Å². The zero-order valence-corrected chi connectivity index (χ0v) is 19.8. The second-order valence-electron chi connectivity index (χ2n) is 8.94. The van der Waals surface area contributed by atoms with Crippen molar-refractivity contribution in [2.24, 2.45) is 11.8 Å². The molecule has 1 aliphatic heterocycles. The van der Waals surface area contributed by atoms with Gasteiger partial charge in [0.2, 0.25) is 5.95 Å². The van der Waals surface area contributed by atoms with E-state index in [1.807, 2.05) is 29.2 Å². The van der Waals surface area contributed by atoms with Crippen molar-refractivity contribution < 1.29 is 15.0 Å². The smallest absolute Gasteiger partial charge is 0.256 e. The maximum Gasteiger partial charge on any atom is 0.256 e. The van der Waals surface area contributed by atoms with Gasteiger partial charge in [0, 0.05) is 30.5 Å². The summed E-state index contributed by atoms with van der Waals surface area (Å²) < 4.78 is 0. The molecule has 182 valence electrons. The Morgan fingerprint density at radius 3 is 2.80 bits per heavy atom. The van der Waals surface area contributed by atoms with E-state index in [1.54, 1.807) is 18.3 Å². The van der Waals surface area contributed by atoms with Crippen LogP contribution < -0.4 is 15.5 Å². The number of amides is 1. The quantitative estimate of drug-likeness (QED) is 0.357. The lowest BCUT2D eigenvalue weighted by Crippen LogP contribution is -2.37. The normalized spacial score (nSPS) is 20.4. The van der Waals surface area contributed by atoms with Gasteiger partial charge < -0.3 is 25.7 Å². The second kappa shape index (κ2) is 10.2. The van der Waals surface area contributed by atoms with Crippen LogP contribution in [0.5, 0.6) is 0 Å². The number of hydrogen-bond donors (Lipinski definition) is 4. The van der Waals surface area contributed by atoms with Gasteiger partial charge in [0.1, 0.15) is 11.4 Å². The Kier molecular flexibility index (Phi) is 6.81. The fraction of sp³-hybridized carbons (Fsp3) is 0.360. The van der Waals surface area contributed by atoms with Crippen LogP contribution in [0.1, 0.15) is 33.6 Å². The average Bonchev–Trinajstić information content (AvgIpc) is 3.56. The third-order valence-electron chi connectivity index (χ3n) is 6.67. The molecule has 3 aromatic rings. The molecule has 4 N–H and O–H groups in total. The highest BCUT2D eigenvalue weighted by molar-refractivity contribution is 6.31. The standard InChI is InChI=1S/C25H27ClN6O3/c26-21-7-15(4-5-16(21)13-33)9-28-23-20(24(35)29-10-18-3-1-2-6-27-18)11-30-25(31-23)32-12-17-8-19(17)22(32)14-34/h1-7,11,17,19,22,33-34H,8-10,12-14H2,(H,29,35)(H,28,30,31). The van der Waals surface area contributed by atoms with Gasteiger partial charge >= 0.3 is 0 Å². The van der Waals surface area contributed by atoms with Crippen molar-refractivity contribution in [2.75, 3.05) is 23.4 Å². The van der Waals surface area contributed by atoms with Gasteiger partial charge in [-0.15, -0.1) is 0 Å². The van der Waals surface area contributed by atoms with E-state index in [2.05, 4.69) is 20.6 Å². The van der Waals surface area contributed by atoms with Crippen LogP contribution >= 0.6 is 11.6 Å². The molecule has 3 heterocycles. The highest BCUT2D eigenvalue weighted by Gasteiger charge is 2.53. The predicted octanol–water partition coefficient (Wildman–Crippen LogP) is 2.38. The average molecular weight is 495 g/mol. The molecule has 5 rings (SSSR count). The number of rotatable bonds is 9. The zero-order chi connectivity index (χ0) is 24.4. The Morgan fingerprint density at radius 1 is 1.17 bits per heavy atom. The minimum Gasteiger partial charge on any atom is -0.394 e. The highest BCUT2D eigenvalue weighted by Crippen LogP contribution is 2.50. The maximum atomic E-state index is 13.0. The number of aromatic nitrogens is 3. The summed E-state index contributed by atoms with van der Waals surface area (Å²) in [5, 5.41) is 25.9. The molecule has 35 heavy (non-hydrogen) atoms. The van der Waals surface area contributed by atoms with Crippen LogP contribution in [-0.4, -0.2) is 50.3 Å². The van der Waals surface area contributed by atoms with Crippen molar-refractivity contribution in [1.29, 1.82) is 0 Å². The molecule has 1 aliphatic carbocycles. The van der Waals surface area contributed by atoms with Gasteiger partial charge in [0.05, 0.1) is 31.5 Å². The summed E-state index contributed by atoms with van der Waals surface area (Å²) in [4.78, 5) is 28.5. The minimum atomic E-state index is -0.318. The van der Waals surface area contributed by atoms with Gasteiger partial charge in [-0.05, 0) is 47.6 Å². The fourth-order valence-corrected chi connectivity index (χ4v) is 4.89. The lowest BCUT2D eigenvalue weighted by molar-refractivity contribution is 0.0950. The van der Waals surface area contributed by atoms with E-state index in [0.717, 1.165) is 24.2 Å². The Hall–Kier alpha value is -3.27. The number of pyridine rings is 1. The number of piperidine rings is 1. The molecule has 3 atom stereocenters. The molecule has 9 nitrogen and oxygen atoms in total. The predicted molar refractivity (Wildman–Crippen MR) is 132 cm³/mol. The summed E-state index contributed by atoms with van der Waals surface area (Å²) >= 11 is 6.24. The molecule has 10 heteroatoms. The molecule has 3 unspecified atom stereocenters. The second-order valence-corrected chi connectivity index (χ2v) is 9.34. The number of carbonyl (C=O) groups is 1. The van der Waals surface area contributed by atoms with E-state index in [0.29, 0.717) is 46.3 Å². The summed E-state index contributed by atoms with van der Waals surface area (Å²) in [6.07, 6.45) is 4.34. The van der Waals surface area contributed by atoms with Gasteiger partial charge in [-0.25, -0.2) is 4.98 Å². The minimum absolute atomic E-state index is 0.00140. The summed E-state index contributed by atoms with van der Waals surface area (Å²) in [6.45, 7) is 1.37. The largest absolute Gasteiger partial charge is 0.394 e. The zero-order valence-electron chi connectivity index (χ0n) is 19.1. The van der Waals surface area contributed by atoms with Gasteiger partial charge in [-0.3, -0.25) is 9.78 Å². The maximum absolute atomic E-state index is 13.0. The Morgan fingerprint density at radius 2 is 2.06 bits per heavy atom. The van der Waals surface area contributed by atoms with Gasteiger partial charge in [-0.1, -0.05) is 29.8 Å². The molecule has 2 aliphatic rings. The summed E-state index contributed by atoms with van der Waals surface area (Å²) in [5.74, 6) is 1.62. The third-order valence-corrected chi connectivity index (χ3v) is 7.02. The van der Waals surface area contributed by atoms with Crippen LogP contribution in [0.2, 0.25) is 5.02 Å². The molecular weight excluding hydrogens is 468 g/mol. The number of nitrogens with one attached hydrogen (secondary N) is 2. The molecule has 1 saturated heterocycles. The molecule has 1 amide bonds. The van der Waals surface area contributed by atoms with E-state index in [-0.39, 0.29) is 31.7 Å². The number of aliphatic hydroxyl groups is 2. The summed E-state index contributed by atoms with van der Waals surface area (Å²) in [5.41, 5.74) is 2.58. The Bertz CT molecular complexity index is 1210. The molecular formula is C25H27ClN6O3. The number of halogens is 1. The molecule has 0 spiro atoms. The van der Waals surface area contributed by atoms with Crippen molar-refractivity contribution in [1.82, 2.24) is 20.3 Å².